The van der Waals surface area contributed by atoms with Gasteiger partial charge in [-0.05, 0) is 40.0 Å². The van der Waals surface area contributed by atoms with Crippen molar-refractivity contribution in [2.45, 2.75) is 26.3 Å². The fraction of sp³-hybridized carbons (Fsp3) is 0.200. The zero-order valence-electron chi connectivity index (χ0n) is 17.5. The molecule has 6 nitrogen and oxygen atoms in total. The van der Waals surface area contributed by atoms with Crippen LogP contribution in [0.3, 0.4) is 0 Å². The van der Waals surface area contributed by atoms with Gasteiger partial charge in [0, 0.05) is 25.1 Å². The molecule has 1 aliphatic rings. The summed E-state index contributed by atoms with van der Waals surface area (Å²) in [6.07, 6.45) is 2.00. The van der Waals surface area contributed by atoms with E-state index < -0.39 is 0 Å². The van der Waals surface area contributed by atoms with Gasteiger partial charge in [0.15, 0.2) is 0 Å². The Morgan fingerprint density at radius 3 is 2.42 bits per heavy atom. The summed E-state index contributed by atoms with van der Waals surface area (Å²) in [6.45, 7) is 4.07. The Kier molecular flexibility index (Phi) is 5.27. The van der Waals surface area contributed by atoms with Crippen LogP contribution in [0, 0.1) is 0 Å². The lowest BCUT2D eigenvalue weighted by molar-refractivity contribution is 0.407. The first kappa shape index (κ1) is 19.2. The summed E-state index contributed by atoms with van der Waals surface area (Å²) in [5, 5.41) is 14.5. The molecule has 0 saturated heterocycles. The van der Waals surface area contributed by atoms with Crippen LogP contribution in [0.5, 0.6) is 0 Å². The Morgan fingerprint density at radius 1 is 0.903 bits per heavy atom. The van der Waals surface area contributed by atoms with E-state index in [1.807, 2.05) is 18.2 Å². The summed E-state index contributed by atoms with van der Waals surface area (Å²) < 4.78 is 0. The van der Waals surface area contributed by atoms with Gasteiger partial charge in [-0.2, -0.15) is 5.21 Å². The molecule has 154 valence electrons. The highest BCUT2D eigenvalue weighted by Crippen LogP contribution is 2.31. The van der Waals surface area contributed by atoms with Crippen LogP contribution >= 0.6 is 0 Å². The lowest BCUT2D eigenvalue weighted by Crippen LogP contribution is -2.31. The number of fused-ring (bicyclic) bond motifs is 1. The molecule has 1 aromatic heterocycles. The van der Waals surface area contributed by atoms with E-state index >= 15 is 0 Å². The number of para-hydroxylation sites is 1. The van der Waals surface area contributed by atoms with E-state index in [0.717, 1.165) is 54.1 Å². The second-order valence-electron chi connectivity index (χ2n) is 7.73. The van der Waals surface area contributed by atoms with E-state index in [-0.39, 0.29) is 0 Å². The number of aromatic nitrogens is 4. The molecule has 31 heavy (non-hydrogen) atoms. The first-order valence-electron chi connectivity index (χ1n) is 10.6. The van der Waals surface area contributed by atoms with Gasteiger partial charge in [-0.25, -0.2) is 4.99 Å². The minimum atomic E-state index is 0.604. The highest BCUT2D eigenvalue weighted by atomic mass is 15.5. The van der Waals surface area contributed by atoms with Crippen LogP contribution in [0.4, 0.5) is 5.69 Å². The molecule has 0 amide bonds. The lowest BCUT2D eigenvalue weighted by Gasteiger charge is -2.24. The van der Waals surface area contributed by atoms with Gasteiger partial charge in [-0.1, -0.05) is 73.7 Å². The van der Waals surface area contributed by atoms with Crippen molar-refractivity contribution in [1.82, 2.24) is 25.5 Å². The molecule has 0 radical (unpaired) electrons. The molecule has 0 fully saturated rings. The third-order valence-electron chi connectivity index (χ3n) is 5.60. The zero-order chi connectivity index (χ0) is 21.0. The summed E-state index contributed by atoms with van der Waals surface area (Å²) in [7, 11) is 0. The molecular weight excluding hydrogens is 384 g/mol. The van der Waals surface area contributed by atoms with Crippen LogP contribution in [0.1, 0.15) is 24.5 Å². The second kappa shape index (κ2) is 8.52. The van der Waals surface area contributed by atoms with Gasteiger partial charge in [0.1, 0.15) is 5.84 Å². The smallest absolute Gasteiger partial charge is 0.205 e. The number of rotatable bonds is 6. The summed E-state index contributed by atoms with van der Waals surface area (Å²) in [5.74, 6) is 1.77. The molecule has 2 heterocycles. The Hall–Kier alpha value is -3.80. The normalized spacial score (nSPS) is 12.5. The average molecular weight is 409 g/mol. The van der Waals surface area contributed by atoms with Crippen LogP contribution in [0.15, 0.2) is 77.8 Å². The highest BCUT2D eigenvalue weighted by molar-refractivity contribution is 5.92. The van der Waals surface area contributed by atoms with Crippen molar-refractivity contribution in [3.63, 3.8) is 0 Å². The molecule has 3 aromatic carbocycles. The summed E-state index contributed by atoms with van der Waals surface area (Å²) in [6, 6.07) is 25.3. The topological polar surface area (TPSA) is 70.1 Å². The van der Waals surface area contributed by atoms with E-state index in [4.69, 9.17) is 4.99 Å². The number of hydrogen-bond donors (Lipinski definition) is 1. The Bertz CT molecular complexity index is 1190. The number of hydrogen-bond acceptors (Lipinski definition) is 5. The Labute approximate surface area is 181 Å². The number of H-pyrrole nitrogens is 1. The van der Waals surface area contributed by atoms with Crippen LogP contribution in [-0.4, -0.2) is 37.9 Å². The predicted molar refractivity (Wildman–Crippen MR) is 123 cm³/mol. The molecular formula is C25H24N6. The van der Waals surface area contributed by atoms with Crippen molar-refractivity contribution in [2.75, 3.05) is 6.54 Å². The molecule has 0 atom stereocenters. The molecule has 4 aromatic rings. The Balaban J connectivity index is 1.37. The molecule has 5 rings (SSSR count). The number of nitrogens with zero attached hydrogens (tertiary/aromatic N) is 5. The monoisotopic (exact) mass is 408 g/mol. The minimum absolute atomic E-state index is 0.604. The van der Waals surface area contributed by atoms with Crippen molar-refractivity contribution in [2.24, 2.45) is 4.99 Å². The van der Waals surface area contributed by atoms with Crippen molar-refractivity contribution < 1.29 is 0 Å². The number of tetrazole rings is 1. The zero-order valence-corrected chi connectivity index (χ0v) is 17.5. The largest absolute Gasteiger partial charge is 0.355 e. The van der Waals surface area contributed by atoms with E-state index in [1.165, 1.54) is 11.1 Å². The van der Waals surface area contributed by atoms with Gasteiger partial charge in [0.2, 0.25) is 5.82 Å². The summed E-state index contributed by atoms with van der Waals surface area (Å²) >= 11 is 0. The fourth-order valence-electron chi connectivity index (χ4n) is 4.09. The molecule has 0 bridgehead atoms. The predicted octanol–water partition coefficient (Wildman–Crippen LogP) is 5.03. The molecule has 0 aliphatic carbocycles. The van der Waals surface area contributed by atoms with Gasteiger partial charge in [0.25, 0.3) is 0 Å². The third-order valence-corrected chi connectivity index (χ3v) is 5.60. The summed E-state index contributed by atoms with van der Waals surface area (Å²) in [4.78, 5) is 7.30. The van der Waals surface area contributed by atoms with Crippen molar-refractivity contribution in [3.8, 4) is 22.5 Å². The second-order valence-corrected chi connectivity index (χ2v) is 7.73. The van der Waals surface area contributed by atoms with Crippen LogP contribution in [0.2, 0.25) is 0 Å². The first-order chi connectivity index (χ1) is 15.3. The first-order valence-corrected chi connectivity index (χ1v) is 10.6. The molecule has 1 aliphatic heterocycles. The van der Waals surface area contributed by atoms with Crippen molar-refractivity contribution >= 4 is 11.5 Å². The molecule has 1 N–H and O–H groups in total. The quantitative estimate of drug-likeness (QED) is 0.486. The maximum Gasteiger partial charge on any atom is 0.205 e. The molecule has 6 heteroatoms. The van der Waals surface area contributed by atoms with Gasteiger partial charge >= 0.3 is 0 Å². The SMILES string of the molecule is CCCN(Cc1ccc(-c2ccccc2-c2nn[nH]n2)cc1)C1=Nc2ccccc2C1. The number of aliphatic imine (C=N–C) groups is 1. The maximum absolute atomic E-state index is 4.89. The van der Waals surface area contributed by atoms with Gasteiger partial charge in [-0.3, -0.25) is 0 Å². The van der Waals surface area contributed by atoms with E-state index in [0.29, 0.717) is 5.82 Å². The van der Waals surface area contributed by atoms with Crippen LogP contribution in [0.25, 0.3) is 22.5 Å². The summed E-state index contributed by atoms with van der Waals surface area (Å²) in [5.41, 5.74) is 6.88. The standard InChI is InChI=1S/C25H24N6/c1-2-15-31(24-16-20-7-3-6-10-23(20)26-24)17-18-11-13-19(14-12-18)21-8-4-5-9-22(21)25-27-29-30-28-25/h3-14H,2,15-17H2,1H3,(H,27,28,29,30). The highest BCUT2D eigenvalue weighted by Gasteiger charge is 2.19. The molecule has 0 spiro atoms. The van der Waals surface area contributed by atoms with Gasteiger partial charge < -0.3 is 4.90 Å². The van der Waals surface area contributed by atoms with Gasteiger partial charge in [0.05, 0.1) is 5.69 Å². The number of benzene rings is 3. The number of nitrogens with one attached hydrogen (secondary N) is 1. The van der Waals surface area contributed by atoms with Crippen molar-refractivity contribution in [3.05, 3.63) is 83.9 Å². The van der Waals surface area contributed by atoms with E-state index in [2.05, 4.69) is 87.0 Å². The fourth-order valence-corrected chi connectivity index (χ4v) is 4.09. The van der Waals surface area contributed by atoms with Gasteiger partial charge in [-0.15, -0.1) is 10.2 Å². The third kappa shape index (κ3) is 3.97. The number of aromatic amines is 1. The molecule has 0 saturated carbocycles. The van der Waals surface area contributed by atoms with Crippen LogP contribution in [-0.2, 0) is 13.0 Å². The number of amidine groups is 1. The average Bonchev–Trinajstić information content (AvgIpc) is 3.49. The minimum Gasteiger partial charge on any atom is -0.355 e. The lowest BCUT2D eigenvalue weighted by atomic mass is 9.98. The Morgan fingerprint density at radius 2 is 1.68 bits per heavy atom. The van der Waals surface area contributed by atoms with E-state index in [1.54, 1.807) is 0 Å². The maximum atomic E-state index is 4.89. The van der Waals surface area contributed by atoms with E-state index in [9.17, 15) is 0 Å². The molecule has 0 unspecified atom stereocenters. The van der Waals surface area contributed by atoms with Crippen molar-refractivity contribution in [1.29, 1.82) is 0 Å². The van der Waals surface area contributed by atoms with Crippen LogP contribution < -0.4 is 0 Å².